The lowest BCUT2D eigenvalue weighted by Crippen LogP contribution is -2.20. The minimum Gasteiger partial charge on any atom is -0.310 e. The highest BCUT2D eigenvalue weighted by atomic mass is 32.2. The van der Waals surface area contributed by atoms with Crippen molar-refractivity contribution in [3.05, 3.63) is 30.1 Å². The molecule has 0 bridgehead atoms. The summed E-state index contributed by atoms with van der Waals surface area (Å²) in [5.74, 6) is 1.27. The van der Waals surface area contributed by atoms with Gasteiger partial charge in [0.15, 0.2) is 0 Å². The van der Waals surface area contributed by atoms with Gasteiger partial charge in [0.05, 0.1) is 0 Å². The number of hydrogen-bond donors (Lipinski definition) is 1. The van der Waals surface area contributed by atoms with Crippen molar-refractivity contribution in [1.29, 1.82) is 0 Å². The van der Waals surface area contributed by atoms with Crippen LogP contribution in [0.3, 0.4) is 0 Å². The first-order valence-electron chi connectivity index (χ1n) is 5.47. The molecule has 0 amide bonds. The predicted octanol–water partition coefficient (Wildman–Crippen LogP) is 2.88. The third-order valence-corrected chi connectivity index (χ3v) is 3.11. The van der Waals surface area contributed by atoms with E-state index in [1.54, 1.807) is 0 Å². The van der Waals surface area contributed by atoms with E-state index in [1.165, 1.54) is 24.2 Å². The second kappa shape index (κ2) is 7.71. The first-order valence-corrected chi connectivity index (χ1v) is 6.86. The molecule has 0 unspecified atom stereocenters. The van der Waals surface area contributed by atoms with Gasteiger partial charge in [0.1, 0.15) is 0 Å². The van der Waals surface area contributed by atoms with Crippen molar-refractivity contribution in [2.45, 2.75) is 25.8 Å². The summed E-state index contributed by atoms with van der Waals surface area (Å²) in [5.41, 5.74) is 1.27. The van der Waals surface area contributed by atoms with Gasteiger partial charge in [-0.25, -0.2) is 0 Å². The quantitative estimate of drug-likeness (QED) is 0.721. The molecule has 1 N–H and O–H groups in total. The van der Waals surface area contributed by atoms with Crippen LogP contribution in [0.5, 0.6) is 0 Å². The Morgan fingerprint density at radius 2 is 2.33 bits per heavy atom. The van der Waals surface area contributed by atoms with E-state index in [4.69, 9.17) is 0 Å². The molecule has 0 aliphatic heterocycles. The maximum absolute atomic E-state index is 4.12. The number of rotatable bonds is 7. The summed E-state index contributed by atoms with van der Waals surface area (Å²) in [6, 6.07) is 4.52. The molecular formula is C12H20N2S. The molecule has 0 aliphatic rings. The number of thioether (sulfide) groups is 1. The number of nitrogens with zero attached hydrogens (tertiary/aromatic N) is 1. The Morgan fingerprint density at radius 3 is 3.00 bits per heavy atom. The smallest absolute Gasteiger partial charge is 0.0315 e. The number of aromatic nitrogens is 1. The summed E-state index contributed by atoms with van der Waals surface area (Å²) in [7, 11) is 0. The van der Waals surface area contributed by atoms with Crippen LogP contribution in [-0.2, 0) is 0 Å². The van der Waals surface area contributed by atoms with Crippen LogP contribution in [0.25, 0.3) is 0 Å². The lowest BCUT2D eigenvalue weighted by Gasteiger charge is -2.13. The van der Waals surface area contributed by atoms with Crippen molar-refractivity contribution in [2.24, 2.45) is 0 Å². The Labute approximate surface area is 96.9 Å². The standard InChI is InChI=1S/C12H20N2S/c1-11(12-6-5-7-13-10-12)14-8-3-4-9-15-2/h5-7,10-11,14H,3-4,8-9H2,1-2H3/t11-/m0/s1. The van der Waals surface area contributed by atoms with Crippen LogP contribution < -0.4 is 5.32 Å². The lowest BCUT2D eigenvalue weighted by atomic mass is 10.1. The summed E-state index contributed by atoms with van der Waals surface area (Å²) in [6.07, 6.45) is 8.46. The predicted molar refractivity (Wildman–Crippen MR) is 68.3 cm³/mol. The van der Waals surface area contributed by atoms with Crippen molar-refractivity contribution >= 4 is 11.8 Å². The van der Waals surface area contributed by atoms with Gasteiger partial charge in [-0.05, 0) is 49.9 Å². The van der Waals surface area contributed by atoms with E-state index < -0.39 is 0 Å². The van der Waals surface area contributed by atoms with Gasteiger partial charge in [-0.1, -0.05) is 6.07 Å². The molecule has 1 aromatic rings. The van der Waals surface area contributed by atoms with E-state index in [-0.39, 0.29) is 0 Å². The molecule has 1 heterocycles. The average Bonchev–Trinajstić information content (AvgIpc) is 2.30. The molecule has 2 nitrogen and oxygen atoms in total. The summed E-state index contributed by atoms with van der Waals surface area (Å²) in [4.78, 5) is 4.12. The fraction of sp³-hybridized carbons (Fsp3) is 0.583. The summed E-state index contributed by atoms with van der Waals surface area (Å²) < 4.78 is 0. The van der Waals surface area contributed by atoms with Crippen LogP contribution >= 0.6 is 11.8 Å². The van der Waals surface area contributed by atoms with E-state index in [9.17, 15) is 0 Å². The minimum atomic E-state index is 0.410. The lowest BCUT2D eigenvalue weighted by molar-refractivity contribution is 0.554. The summed E-state index contributed by atoms with van der Waals surface area (Å²) in [5, 5.41) is 3.51. The first kappa shape index (κ1) is 12.5. The zero-order valence-corrected chi connectivity index (χ0v) is 10.4. The molecule has 3 heteroatoms. The van der Waals surface area contributed by atoms with Crippen molar-refractivity contribution in [3.8, 4) is 0 Å². The highest BCUT2D eigenvalue weighted by Crippen LogP contribution is 2.09. The Kier molecular flexibility index (Phi) is 6.44. The van der Waals surface area contributed by atoms with Crippen molar-refractivity contribution < 1.29 is 0 Å². The molecule has 0 fully saturated rings. The molecule has 0 saturated heterocycles. The topological polar surface area (TPSA) is 24.9 Å². The molecule has 0 radical (unpaired) electrons. The van der Waals surface area contributed by atoms with Crippen LogP contribution in [-0.4, -0.2) is 23.5 Å². The molecule has 1 rings (SSSR count). The fourth-order valence-electron chi connectivity index (χ4n) is 1.44. The number of hydrogen-bond acceptors (Lipinski definition) is 3. The zero-order chi connectivity index (χ0) is 10.9. The van der Waals surface area contributed by atoms with Gasteiger partial charge in [-0.2, -0.15) is 11.8 Å². The number of pyridine rings is 1. The third kappa shape index (κ3) is 5.19. The van der Waals surface area contributed by atoms with Crippen LogP contribution in [0.4, 0.5) is 0 Å². The van der Waals surface area contributed by atoms with Gasteiger partial charge < -0.3 is 5.32 Å². The Hall–Kier alpha value is -0.540. The van der Waals surface area contributed by atoms with E-state index in [1.807, 2.05) is 30.2 Å². The van der Waals surface area contributed by atoms with Crippen LogP contribution in [0.2, 0.25) is 0 Å². The van der Waals surface area contributed by atoms with Crippen LogP contribution in [0.15, 0.2) is 24.5 Å². The van der Waals surface area contributed by atoms with Crippen molar-refractivity contribution in [3.63, 3.8) is 0 Å². The van der Waals surface area contributed by atoms with Crippen LogP contribution in [0.1, 0.15) is 31.4 Å². The molecule has 0 spiro atoms. The molecule has 15 heavy (non-hydrogen) atoms. The van der Waals surface area contributed by atoms with Gasteiger partial charge in [0, 0.05) is 18.4 Å². The average molecular weight is 224 g/mol. The third-order valence-electron chi connectivity index (χ3n) is 2.41. The van der Waals surface area contributed by atoms with Crippen LogP contribution in [0, 0.1) is 0 Å². The van der Waals surface area contributed by atoms with Gasteiger partial charge >= 0.3 is 0 Å². The number of unbranched alkanes of at least 4 members (excludes halogenated alkanes) is 1. The highest BCUT2D eigenvalue weighted by Gasteiger charge is 2.02. The molecule has 84 valence electrons. The minimum absolute atomic E-state index is 0.410. The zero-order valence-electron chi connectivity index (χ0n) is 9.57. The number of nitrogens with one attached hydrogen (secondary N) is 1. The Balaban J connectivity index is 2.16. The highest BCUT2D eigenvalue weighted by molar-refractivity contribution is 7.98. The first-order chi connectivity index (χ1) is 7.34. The maximum Gasteiger partial charge on any atom is 0.0315 e. The largest absolute Gasteiger partial charge is 0.310 e. The second-order valence-corrected chi connectivity index (χ2v) is 4.65. The van der Waals surface area contributed by atoms with Gasteiger partial charge in [-0.15, -0.1) is 0 Å². The fourth-order valence-corrected chi connectivity index (χ4v) is 1.93. The van der Waals surface area contributed by atoms with Crippen molar-refractivity contribution in [2.75, 3.05) is 18.6 Å². The summed E-state index contributed by atoms with van der Waals surface area (Å²) in [6.45, 7) is 3.28. The molecule has 1 atom stereocenters. The van der Waals surface area contributed by atoms with Gasteiger partial charge in [0.25, 0.3) is 0 Å². The SMILES string of the molecule is CSCCCCN[C@@H](C)c1cccnc1. The molecule has 0 saturated carbocycles. The van der Waals surface area contributed by atoms with E-state index in [0.29, 0.717) is 6.04 Å². The molecule has 0 aromatic carbocycles. The molecule has 0 aliphatic carbocycles. The second-order valence-electron chi connectivity index (χ2n) is 3.66. The molecule has 1 aromatic heterocycles. The van der Waals surface area contributed by atoms with Crippen molar-refractivity contribution in [1.82, 2.24) is 10.3 Å². The maximum atomic E-state index is 4.12. The Bertz CT molecular complexity index is 251. The normalized spacial score (nSPS) is 12.7. The van der Waals surface area contributed by atoms with Gasteiger partial charge in [-0.3, -0.25) is 4.98 Å². The molecular weight excluding hydrogens is 204 g/mol. The summed E-state index contributed by atoms with van der Waals surface area (Å²) >= 11 is 1.92. The van der Waals surface area contributed by atoms with Gasteiger partial charge in [0.2, 0.25) is 0 Å². The van der Waals surface area contributed by atoms with E-state index in [2.05, 4.69) is 29.5 Å². The van der Waals surface area contributed by atoms with E-state index in [0.717, 1.165) is 6.54 Å². The van der Waals surface area contributed by atoms with E-state index >= 15 is 0 Å². The Morgan fingerprint density at radius 1 is 1.47 bits per heavy atom. The monoisotopic (exact) mass is 224 g/mol.